The van der Waals surface area contributed by atoms with Gasteiger partial charge in [0.1, 0.15) is 0 Å². The molecular weight excluding hydrogens is 210 g/mol. The van der Waals surface area contributed by atoms with Gasteiger partial charge in [0.05, 0.1) is 0 Å². The molecule has 0 aliphatic carbocycles. The first kappa shape index (κ1) is 15.7. The zero-order chi connectivity index (χ0) is 13.1. The van der Waals surface area contributed by atoms with Gasteiger partial charge in [-0.05, 0) is 25.0 Å². The van der Waals surface area contributed by atoms with E-state index in [1.807, 2.05) is 49.1 Å². The summed E-state index contributed by atoms with van der Waals surface area (Å²) < 4.78 is 0. The molecule has 0 aliphatic rings. The van der Waals surface area contributed by atoms with Crippen LogP contribution in [0.15, 0.2) is 30.3 Å². The number of nitrogens with zero attached hydrogens (tertiary/aromatic N) is 1. The standard InChI is InChI=1S/C13H19NO.C2H6/c1-3-10-14(11-4-2)13(15)12-8-6-5-7-9-12;1-2/h5-9H,3-4,10-11H2,1-2H3;1-2H3. The molecule has 1 aromatic carbocycles. The molecular formula is C15H25NO. The van der Waals surface area contributed by atoms with Crippen molar-refractivity contribution in [2.24, 2.45) is 0 Å². The van der Waals surface area contributed by atoms with Crippen molar-refractivity contribution in [3.63, 3.8) is 0 Å². The van der Waals surface area contributed by atoms with E-state index in [4.69, 9.17) is 0 Å². The lowest BCUT2D eigenvalue weighted by Gasteiger charge is -2.21. The average Bonchev–Trinajstić information content (AvgIpc) is 2.41. The maximum atomic E-state index is 12.1. The molecule has 1 aromatic rings. The van der Waals surface area contributed by atoms with Gasteiger partial charge in [-0.2, -0.15) is 0 Å². The Hall–Kier alpha value is -1.31. The molecule has 0 atom stereocenters. The Morgan fingerprint density at radius 3 is 1.88 bits per heavy atom. The normalized spacial score (nSPS) is 9.18. The predicted octanol–water partition coefficient (Wildman–Crippen LogP) is 3.98. The second kappa shape index (κ2) is 9.88. The molecule has 0 radical (unpaired) electrons. The fourth-order valence-corrected chi connectivity index (χ4v) is 1.62. The molecule has 0 unspecified atom stereocenters. The lowest BCUT2D eigenvalue weighted by Crippen LogP contribution is -2.32. The zero-order valence-electron chi connectivity index (χ0n) is 11.6. The van der Waals surface area contributed by atoms with Gasteiger partial charge in [-0.3, -0.25) is 4.79 Å². The lowest BCUT2D eigenvalue weighted by molar-refractivity contribution is 0.0755. The fourth-order valence-electron chi connectivity index (χ4n) is 1.62. The zero-order valence-corrected chi connectivity index (χ0v) is 11.6. The van der Waals surface area contributed by atoms with Crippen molar-refractivity contribution in [1.29, 1.82) is 0 Å². The van der Waals surface area contributed by atoms with Crippen molar-refractivity contribution in [2.75, 3.05) is 13.1 Å². The van der Waals surface area contributed by atoms with Crippen LogP contribution in [0.25, 0.3) is 0 Å². The molecule has 0 bridgehead atoms. The average molecular weight is 235 g/mol. The highest BCUT2D eigenvalue weighted by molar-refractivity contribution is 5.94. The van der Waals surface area contributed by atoms with E-state index in [2.05, 4.69) is 13.8 Å². The van der Waals surface area contributed by atoms with Gasteiger partial charge in [-0.25, -0.2) is 0 Å². The summed E-state index contributed by atoms with van der Waals surface area (Å²) in [5.41, 5.74) is 0.791. The molecule has 2 nitrogen and oxygen atoms in total. The van der Waals surface area contributed by atoms with Crippen molar-refractivity contribution >= 4 is 5.91 Å². The van der Waals surface area contributed by atoms with Gasteiger partial charge >= 0.3 is 0 Å². The SMILES string of the molecule is CC.CCCN(CCC)C(=O)c1ccccc1. The molecule has 2 heteroatoms. The van der Waals surface area contributed by atoms with Crippen molar-refractivity contribution < 1.29 is 4.79 Å². The molecule has 0 saturated carbocycles. The highest BCUT2D eigenvalue weighted by Gasteiger charge is 2.12. The highest BCUT2D eigenvalue weighted by atomic mass is 16.2. The Labute approximate surface area is 106 Å². The molecule has 1 rings (SSSR count). The van der Waals surface area contributed by atoms with E-state index >= 15 is 0 Å². The Morgan fingerprint density at radius 2 is 1.47 bits per heavy atom. The van der Waals surface area contributed by atoms with E-state index < -0.39 is 0 Å². The molecule has 0 saturated heterocycles. The molecule has 0 aromatic heterocycles. The molecule has 17 heavy (non-hydrogen) atoms. The van der Waals surface area contributed by atoms with Gasteiger partial charge < -0.3 is 4.90 Å². The number of benzene rings is 1. The van der Waals surface area contributed by atoms with E-state index in [-0.39, 0.29) is 5.91 Å². The summed E-state index contributed by atoms with van der Waals surface area (Å²) in [6.45, 7) is 9.89. The van der Waals surface area contributed by atoms with Gasteiger partial charge in [-0.1, -0.05) is 45.9 Å². The van der Waals surface area contributed by atoms with Gasteiger partial charge in [0.15, 0.2) is 0 Å². The van der Waals surface area contributed by atoms with Crippen LogP contribution in [0.3, 0.4) is 0 Å². The van der Waals surface area contributed by atoms with Crippen LogP contribution in [-0.4, -0.2) is 23.9 Å². The Bertz CT molecular complexity index is 289. The largest absolute Gasteiger partial charge is 0.339 e. The molecule has 0 heterocycles. The lowest BCUT2D eigenvalue weighted by atomic mass is 10.2. The van der Waals surface area contributed by atoms with Crippen molar-refractivity contribution in [1.82, 2.24) is 4.90 Å². The van der Waals surface area contributed by atoms with Crippen LogP contribution >= 0.6 is 0 Å². The Kier molecular flexibility index (Phi) is 9.12. The number of carbonyl (C=O) groups is 1. The number of hydrogen-bond donors (Lipinski definition) is 0. The van der Waals surface area contributed by atoms with Crippen LogP contribution < -0.4 is 0 Å². The monoisotopic (exact) mass is 235 g/mol. The van der Waals surface area contributed by atoms with Gasteiger partial charge in [0.2, 0.25) is 0 Å². The third-order valence-electron chi connectivity index (χ3n) is 2.30. The minimum atomic E-state index is 0.152. The summed E-state index contributed by atoms with van der Waals surface area (Å²) in [4.78, 5) is 14.0. The topological polar surface area (TPSA) is 20.3 Å². The van der Waals surface area contributed by atoms with E-state index in [1.54, 1.807) is 0 Å². The first-order valence-corrected chi connectivity index (χ1v) is 6.64. The van der Waals surface area contributed by atoms with Crippen LogP contribution in [0.4, 0.5) is 0 Å². The van der Waals surface area contributed by atoms with Gasteiger partial charge in [0, 0.05) is 18.7 Å². The van der Waals surface area contributed by atoms with Gasteiger partial charge in [-0.15, -0.1) is 0 Å². The van der Waals surface area contributed by atoms with Crippen molar-refractivity contribution in [3.8, 4) is 0 Å². The van der Waals surface area contributed by atoms with E-state index in [9.17, 15) is 4.79 Å². The van der Waals surface area contributed by atoms with E-state index in [0.29, 0.717) is 0 Å². The smallest absolute Gasteiger partial charge is 0.253 e. The van der Waals surface area contributed by atoms with Crippen molar-refractivity contribution in [2.45, 2.75) is 40.5 Å². The summed E-state index contributed by atoms with van der Waals surface area (Å²) in [5.74, 6) is 0.152. The minimum Gasteiger partial charge on any atom is -0.339 e. The molecule has 96 valence electrons. The molecule has 0 spiro atoms. The summed E-state index contributed by atoms with van der Waals surface area (Å²) in [5, 5.41) is 0. The molecule has 0 aliphatic heterocycles. The Balaban J connectivity index is 0.00000121. The summed E-state index contributed by atoms with van der Waals surface area (Å²) in [6.07, 6.45) is 2.02. The van der Waals surface area contributed by atoms with Crippen molar-refractivity contribution in [3.05, 3.63) is 35.9 Å². The van der Waals surface area contributed by atoms with Crippen LogP contribution in [-0.2, 0) is 0 Å². The Morgan fingerprint density at radius 1 is 1.00 bits per heavy atom. The number of carbonyl (C=O) groups excluding carboxylic acids is 1. The predicted molar refractivity (Wildman–Crippen MR) is 74.3 cm³/mol. The second-order valence-corrected chi connectivity index (χ2v) is 3.66. The quantitative estimate of drug-likeness (QED) is 0.756. The third kappa shape index (κ3) is 5.53. The third-order valence-corrected chi connectivity index (χ3v) is 2.30. The summed E-state index contributed by atoms with van der Waals surface area (Å²) in [7, 11) is 0. The number of amides is 1. The first-order chi connectivity index (χ1) is 8.29. The van der Waals surface area contributed by atoms with Crippen LogP contribution in [0.5, 0.6) is 0 Å². The maximum absolute atomic E-state index is 12.1. The second-order valence-electron chi connectivity index (χ2n) is 3.66. The summed E-state index contributed by atoms with van der Waals surface area (Å²) >= 11 is 0. The molecule has 1 amide bonds. The maximum Gasteiger partial charge on any atom is 0.253 e. The van der Waals surface area contributed by atoms with Crippen LogP contribution in [0.1, 0.15) is 50.9 Å². The van der Waals surface area contributed by atoms with Crippen LogP contribution in [0.2, 0.25) is 0 Å². The highest BCUT2D eigenvalue weighted by Crippen LogP contribution is 2.05. The minimum absolute atomic E-state index is 0.152. The molecule has 0 fully saturated rings. The van der Waals surface area contributed by atoms with Crippen LogP contribution in [0, 0.1) is 0 Å². The number of hydrogen-bond acceptors (Lipinski definition) is 1. The first-order valence-electron chi connectivity index (χ1n) is 6.64. The molecule has 0 N–H and O–H groups in total. The van der Waals surface area contributed by atoms with E-state index in [0.717, 1.165) is 31.5 Å². The number of rotatable bonds is 5. The summed E-state index contributed by atoms with van der Waals surface area (Å²) in [6, 6.07) is 9.49. The van der Waals surface area contributed by atoms with E-state index in [1.165, 1.54) is 0 Å². The fraction of sp³-hybridized carbons (Fsp3) is 0.533. The van der Waals surface area contributed by atoms with Gasteiger partial charge in [0.25, 0.3) is 5.91 Å².